The number of carboxylic acids is 2. The van der Waals surface area contributed by atoms with Gasteiger partial charge in [-0.2, -0.15) is 0 Å². The van der Waals surface area contributed by atoms with Crippen LogP contribution in [0.4, 0.5) is 0 Å². The van der Waals surface area contributed by atoms with E-state index in [1.165, 1.54) is 141 Å². The number of aliphatic carboxylic acids is 2. The Balaban J connectivity index is -0.000000608. The molecule has 5 heteroatoms. The fraction of sp³-hybridized carbons (Fsp3) is 0.938. The maximum Gasteiger partial charge on any atom is 0.303 e. The monoisotopic (exact) mass is 618 g/mol. The number of hydrogen-bond donors (Lipinski definition) is 2. The van der Waals surface area contributed by atoms with Gasteiger partial charge in [-0.15, -0.1) is 0 Å². The van der Waals surface area contributed by atoms with Crippen LogP contribution in [0.2, 0.25) is 0 Å². The van der Waals surface area contributed by atoms with Gasteiger partial charge >= 0.3 is 11.9 Å². The van der Waals surface area contributed by atoms with Crippen molar-refractivity contribution in [3.63, 3.8) is 0 Å². The molecule has 0 fully saturated rings. The second kappa shape index (κ2) is 37.8. The van der Waals surface area contributed by atoms with Crippen molar-refractivity contribution in [2.75, 3.05) is 0 Å². The van der Waals surface area contributed by atoms with E-state index in [4.69, 9.17) is 10.2 Å². The standard InChI is InChI=1S/2C16H32O2.Pd/c2*1-2-3-4-5-6-7-8-9-10-11-12-13-14-15-16(17)18;/h2*2-15H2,1H3,(H,17,18);. The largest absolute Gasteiger partial charge is 0.481 e. The second-order valence-corrected chi connectivity index (χ2v) is 10.8. The third-order valence-electron chi connectivity index (χ3n) is 6.99. The second-order valence-electron chi connectivity index (χ2n) is 10.8. The average molecular weight is 619 g/mol. The van der Waals surface area contributed by atoms with E-state index in [0.29, 0.717) is 12.8 Å². The van der Waals surface area contributed by atoms with E-state index in [2.05, 4.69) is 13.8 Å². The molecule has 0 radical (unpaired) electrons. The Morgan fingerprint density at radius 2 is 0.514 bits per heavy atom. The number of carbonyl (C=O) groups is 2. The van der Waals surface area contributed by atoms with E-state index in [1.54, 1.807) is 0 Å². The van der Waals surface area contributed by atoms with Gasteiger partial charge in [0.1, 0.15) is 0 Å². The topological polar surface area (TPSA) is 74.6 Å². The molecule has 0 aliphatic heterocycles. The Morgan fingerprint density at radius 1 is 0.351 bits per heavy atom. The Morgan fingerprint density at radius 3 is 0.676 bits per heavy atom. The molecule has 0 aromatic carbocycles. The number of rotatable bonds is 28. The SMILES string of the molecule is CCCCCCCCCCCCCCCC(=O)O.CCCCCCCCCCCCCCCC(=O)O.[Pd]. The zero-order chi connectivity index (χ0) is 27.0. The number of hydrogen-bond acceptors (Lipinski definition) is 2. The minimum Gasteiger partial charge on any atom is -0.481 e. The third-order valence-corrected chi connectivity index (χ3v) is 6.99. The summed E-state index contributed by atoms with van der Waals surface area (Å²) >= 11 is 0. The normalized spacial score (nSPS) is 10.4. The predicted octanol–water partition coefficient (Wildman–Crippen LogP) is 11.1. The van der Waals surface area contributed by atoms with Crippen LogP contribution in [0.1, 0.15) is 194 Å². The van der Waals surface area contributed by atoms with Crippen LogP contribution >= 0.6 is 0 Å². The predicted molar refractivity (Wildman–Crippen MR) is 156 cm³/mol. The Bertz CT molecular complexity index is 403. The first-order valence-electron chi connectivity index (χ1n) is 16.0. The molecule has 0 spiro atoms. The maximum absolute atomic E-state index is 10.3. The first-order chi connectivity index (χ1) is 17.5. The van der Waals surface area contributed by atoms with Crippen LogP contribution in [0.15, 0.2) is 0 Å². The molecule has 0 bridgehead atoms. The first kappa shape index (κ1) is 41.1. The van der Waals surface area contributed by atoms with Gasteiger partial charge in [0.15, 0.2) is 0 Å². The van der Waals surface area contributed by atoms with Gasteiger partial charge in [-0.05, 0) is 12.8 Å². The molecule has 0 aromatic heterocycles. The molecule has 0 aliphatic carbocycles. The molecule has 0 saturated carbocycles. The van der Waals surface area contributed by atoms with Crippen molar-refractivity contribution in [1.29, 1.82) is 0 Å². The van der Waals surface area contributed by atoms with E-state index < -0.39 is 11.9 Å². The van der Waals surface area contributed by atoms with Gasteiger partial charge in [0.05, 0.1) is 0 Å². The van der Waals surface area contributed by atoms with E-state index in [-0.39, 0.29) is 20.4 Å². The van der Waals surface area contributed by atoms with Crippen LogP contribution in [-0.2, 0) is 30.0 Å². The van der Waals surface area contributed by atoms with Crippen molar-refractivity contribution in [1.82, 2.24) is 0 Å². The number of carboxylic acid groups (broad SMARTS) is 2. The van der Waals surface area contributed by atoms with E-state index in [9.17, 15) is 9.59 Å². The van der Waals surface area contributed by atoms with Crippen molar-refractivity contribution in [3.05, 3.63) is 0 Å². The van der Waals surface area contributed by atoms with Crippen molar-refractivity contribution >= 4 is 11.9 Å². The summed E-state index contributed by atoms with van der Waals surface area (Å²) < 4.78 is 0. The molecule has 0 rings (SSSR count). The van der Waals surface area contributed by atoms with Crippen molar-refractivity contribution in [3.8, 4) is 0 Å². The zero-order valence-electron chi connectivity index (χ0n) is 24.8. The zero-order valence-corrected chi connectivity index (χ0v) is 26.4. The molecule has 226 valence electrons. The summed E-state index contributed by atoms with van der Waals surface area (Å²) in [6, 6.07) is 0. The van der Waals surface area contributed by atoms with E-state index >= 15 is 0 Å². The summed E-state index contributed by atoms with van der Waals surface area (Å²) in [4.78, 5) is 20.6. The molecule has 4 nitrogen and oxygen atoms in total. The number of unbranched alkanes of at least 4 members (excludes halogenated alkanes) is 24. The Labute approximate surface area is 245 Å². The summed E-state index contributed by atoms with van der Waals surface area (Å²) in [5.41, 5.74) is 0. The molecule has 0 amide bonds. The molecule has 0 aliphatic rings. The van der Waals surface area contributed by atoms with Crippen molar-refractivity contribution in [2.45, 2.75) is 194 Å². The summed E-state index contributed by atoms with van der Waals surface area (Å²) in [6.45, 7) is 4.52. The fourth-order valence-corrected chi connectivity index (χ4v) is 4.59. The quantitative estimate of drug-likeness (QED) is 0.0675. The van der Waals surface area contributed by atoms with Gasteiger partial charge < -0.3 is 10.2 Å². The Kier molecular flexibility index (Phi) is 41.9. The molecule has 0 heterocycles. The summed E-state index contributed by atoms with van der Waals surface area (Å²) in [7, 11) is 0. The van der Waals surface area contributed by atoms with Crippen LogP contribution in [0.25, 0.3) is 0 Å². The van der Waals surface area contributed by atoms with Gasteiger partial charge in [0, 0.05) is 33.3 Å². The third kappa shape index (κ3) is 45.9. The fourth-order valence-electron chi connectivity index (χ4n) is 4.59. The minimum absolute atomic E-state index is 0. The summed E-state index contributed by atoms with van der Waals surface area (Å²) in [6.07, 6.45) is 34.5. The van der Waals surface area contributed by atoms with E-state index in [1.807, 2.05) is 0 Å². The van der Waals surface area contributed by atoms with Crippen LogP contribution in [0.5, 0.6) is 0 Å². The van der Waals surface area contributed by atoms with Gasteiger partial charge in [-0.1, -0.05) is 168 Å². The average Bonchev–Trinajstić information content (AvgIpc) is 2.85. The van der Waals surface area contributed by atoms with Gasteiger partial charge in [-0.25, -0.2) is 0 Å². The van der Waals surface area contributed by atoms with Crippen LogP contribution in [-0.4, -0.2) is 22.2 Å². The van der Waals surface area contributed by atoms with E-state index in [0.717, 1.165) is 25.7 Å². The van der Waals surface area contributed by atoms with Crippen LogP contribution in [0.3, 0.4) is 0 Å². The van der Waals surface area contributed by atoms with Crippen LogP contribution < -0.4 is 0 Å². The molecule has 0 atom stereocenters. The Hall–Kier alpha value is -0.398. The smallest absolute Gasteiger partial charge is 0.303 e. The van der Waals surface area contributed by atoms with Crippen molar-refractivity contribution in [2.24, 2.45) is 0 Å². The maximum atomic E-state index is 10.3. The first-order valence-corrected chi connectivity index (χ1v) is 16.0. The van der Waals surface area contributed by atoms with Gasteiger partial charge in [-0.3, -0.25) is 9.59 Å². The van der Waals surface area contributed by atoms with Crippen LogP contribution in [0, 0.1) is 0 Å². The molecule has 0 unspecified atom stereocenters. The molecule has 0 saturated heterocycles. The van der Waals surface area contributed by atoms with Gasteiger partial charge in [0.2, 0.25) is 0 Å². The summed E-state index contributed by atoms with van der Waals surface area (Å²) in [5, 5.41) is 17.0. The van der Waals surface area contributed by atoms with Crippen molar-refractivity contribution < 1.29 is 40.2 Å². The van der Waals surface area contributed by atoms with Gasteiger partial charge in [0.25, 0.3) is 0 Å². The molecule has 2 N–H and O–H groups in total. The summed E-state index contributed by atoms with van der Waals surface area (Å²) in [5.74, 6) is -1.31. The molecular formula is C32H64O4Pd. The molecular weight excluding hydrogens is 555 g/mol. The molecule has 0 aromatic rings. The minimum atomic E-state index is -0.655. The molecule has 37 heavy (non-hydrogen) atoms.